The van der Waals surface area contributed by atoms with Crippen LogP contribution in [0.15, 0.2) is 18.2 Å². The van der Waals surface area contributed by atoms with Gasteiger partial charge in [0.1, 0.15) is 5.75 Å². The summed E-state index contributed by atoms with van der Waals surface area (Å²) in [7, 11) is 0. The summed E-state index contributed by atoms with van der Waals surface area (Å²) in [5.74, 6) is 0.0736. The molecule has 110 valence electrons. The van der Waals surface area contributed by atoms with Gasteiger partial charge in [0, 0.05) is 22.5 Å². The predicted octanol–water partition coefficient (Wildman–Crippen LogP) is 2.13. The Hall–Kier alpha value is -1.20. The maximum absolute atomic E-state index is 10.6. The molecule has 5 heteroatoms. The van der Waals surface area contributed by atoms with Crippen molar-refractivity contribution in [3.05, 3.63) is 29.3 Å². The molecule has 0 spiro atoms. The van der Waals surface area contributed by atoms with Gasteiger partial charge in [0.2, 0.25) is 0 Å². The summed E-state index contributed by atoms with van der Waals surface area (Å²) in [6, 6.07) is 5.39. The number of phenolic OH excluding ortho intramolecular Hbond substituents is 1. The van der Waals surface area contributed by atoms with Gasteiger partial charge in [-0.2, -0.15) is 11.8 Å². The van der Waals surface area contributed by atoms with Crippen molar-refractivity contribution >= 4 is 17.7 Å². The highest BCUT2D eigenvalue weighted by Crippen LogP contribution is 2.41. The third kappa shape index (κ3) is 2.94. The number of phenols is 1. The number of aliphatic carboxylic acids is 1. The van der Waals surface area contributed by atoms with E-state index in [4.69, 9.17) is 10.8 Å². The third-order valence-corrected chi connectivity index (χ3v) is 5.42. The summed E-state index contributed by atoms with van der Waals surface area (Å²) in [4.78, 5) is 10.6. The molecule has 4 nitrogen and oxygen atoms in total. The number of fused-ring (bicyclic) bond motifs is 1. The summed E-state index contributed by atoms with van der Waals surface area (Å²) in [5.41, 5.74) is 8.45. The lowest BCUT2D eigenvalue weighted by Gasteiger charge is -2.43. The second-order valence-corrected chi connectivity index (χ2v) is 7.19. The van der Waals surface area contributed by atoms with Crippen molar-refractivity contribution in [2.45, 2.75) is 43.4 Å². The zero-order valence-electron chi connectivity index (χ0n) is 11.8. The molecule has 0 fully saturated rings. The average molecular weight is 295 g/mol. The first-order valence-electron chi connectivity index (χ1n) is 6.73. The normalized spacial score (nSPS) is 24.1. The SMILES string of the molecule is CC1(C)c2cc(O)ccc2C[C@@H](SCCC(=O)O)[C@@H]1N. The quantitative estimate of drug-likeness (QED) is 0.792. The molecule has 1 aromatic rings. The highest BCUT2D eigenvalue weighted by molar-refractivity contribution is 8.00. The molecule has 0 unspecified atom stereocenters. The fraction of sp³-hybridized carbons (Fsp3) is 0.533. The Bertz CT molecular complexity index is 516. The molecule has 2 atom stereocenters. The van der Waals surface area contributed by atoms with Crippen LogP contribution in [0.25, 0.3) is 0 Å². The van der Waals surface area contributed by atoms with Gasteiger partial charge in [-0.15, -0.1) is 0 Å². The smallest absolute Gasteiger partial charge is 0.304 e. The second kappa shape index (κ2) is 5.66. The highest BCUT2D eigenvalue weighted by atomic mass is 32.2. The van der Waals surface area contributed by atoms with Crippen molar-refractivity contribution in [1.82, 2.24) is 0 Å². The Kier molecular flexibility index (Phi) is 4.30. The lowest BCUT2D eigenvalue weighted by atomic mass is 9.69. The second-order valence-electron chi connectivity index (χ2n) is 5.85. The Morgan fingerprint density at radius 2 is 2.20 bits per heavy atom. The van der Waals surface area contributed by atoms with Crippen LogP contribution in [0.3, 0.4) is 0 Å². The zero-order valence-corrected chi connectivity index (χ0v) is 12.6. The van der Waals surface area contributed by atoms with Crippen LogP contribution < -0.4 is 5.73 Å². The first kappa shape index (κ1) is 15.2. The molecule has 0 heterocycles. The van der Waals surface area contributed by atoms with Crippen LogP contribution in [-0.4, -0.2) is 33.2 Å². The van der Waals surface area contributed by atoms with E-state index in [-0.39, 0.29) is 28.9 Å². The highest BCUT2D eigenvalue weighted by Gasteiger charge is 2.40. The van der Waals surface area contributed by atoms with E-state index in [0.717, 1.165) is 12.0 Å². The molecule has 2 rings (SSSR count). The van der Waals surface area contributed by atoms with Crippen molar-refractivity contribution in [1.29, 1.82) is 0 Å². The minimum Gasteiger partial charge on any atom is -0.508 e. The molecule has 1 aliphatic carbocycles. The fourth-order valence-electron chi connectivity index (χ4n) is 2.79. The summed E-state index contributed by atoms with van der Waals surface area (Å²) in [5, 5.41) is 18.6. The fourth-order valence-corrected chi connectivity index (χ4v) is 4.23. The van der Waals surface area contributed by atoms with Crippen LogP contribution in [0.4, 0.5) is 0 Å². The molecule has 4 N–H and O–H groups in total. The summed E-state index contributed by atoms with van der Waals surface area (Å²) in [6.45, 7) is 4.17. The van der Waals surface area contributed by atoms with Crippen LogP contribution in [0, 0.1) is 0 Å². The Morgan fingerprint density at radius 3 is 2.85 bits per heavy atom. The van der Waals surface area contributed by atoms with Crippen LogP contribution in [0.5, 0.6) is 5.75 Å². The number of nitrogens with two attached hydrogens (primary N) is 1. The Morgan fingerprint density at radius 1 is 1.50 bits per heavy atom. The molecule has 0 amide bonds. The first-order valence-corrected chi connectivity index (χ1v) is 7.78. The minimum atomic E-state index is -0.772. The molecule has 1 aromatic carbocycles. The van der Waals surface area contributed by atoms with E-state index in [1.807, 2.05) is 6.07 Å². The molecule has 0 aliphatic heterocycles. The lowest BCUT2D eigenvalue weighted by molar-refractivity contribution is -0.136. The summed E-state index contributed by atoms with van der Waals surface area (Å²) < 4.78 is 0. The van der Waals surface area contributed by atoms with Crippen LogP contribution in [0.2, 0.25) is 0 Å². The van der Waals surface area contributed by atoms with Gasteiger partial charge in [0.15, 0.2) is 0 Å². The van der Waals surface area contributed by atoms with Crippen LogP contribution in [-0.2, 0) is 16.6 Å². The number of hydrogen-bond acceptors (Lipinski definition) is 4. The maximum Gasteiger partial charge on any atom is 0.304 e. The van der Waals surface area contributed by atoms with Crippen molar-refractivity contribution in [3.8, 4) is 5.75 Å². The molecule has 1 aliphatic rings. The van der Waals surface area contributed by atoms with Gasteiger partial charge in [0.05, 0.1) is 6.42 Å². The summed E-state index contributed by atoms with van der Waals surface area (Å²) >= 11 is 1.64. The number of hydrogen-bond donors (Lipinski definition) is 3. The van der Waals surface area contributed by atoms with Gasteiger partial charge in [0.25, 0.3) is 0 Å². The molecule has 0 bridgehead atoms. The minimum absolute atomic E-state index is 0.0596. The number of benzene rings is 1. The van der Waals surface area contributed by atoms with E-state index in [1.54, 1.807) is 23.9 Å². The van der Waals surface area contributed by atoms with Gasteiger partial charge >= 0.3 is 5.97 Å². The Balaban J connectivity index is 2.20. The zero-order chi connectivity index (χ0) is 14.9. The molecule has 0 aromatic heterocycles. The van der Waals surface area contributed by atoms with E-state index in [9.17, 15) is 9.90 Å². The van der Waals surface area contributed by atoms with Crippen molar-refractivity contribution < 1.29 is 15.0 Å². The van der Waals surface area contributed by atoms with E-state index in [2.05, 4.69) is 13.8 Å². The van der Waals surface area contributed by atoms with Gasteiger partial charge in [-0.05, 0) is 29.7 Å². The first-order chi connectivity index (χ1) is 9.32. The van der Waals surface area contributed by atoms with Crippen molar-refractivity contribution in [2.75, 3.05) is 5.75 Å². The molecular formula is C15H21NO3S. The van der Waals surface area contributed by atoms with Gasteiger partial charge < -0.3 is 15.9 Å². The number of aromatic hydroxyl groups is 1. The van der Waals surface area contributed by atoms with E-state index in [0.29, 0.717) is 5.75 Å². The third-order valence-electron chi connectivity index (χ3n) is 4.09. The lowest BCUT2D eigenvalue weighted by Crippen LogP contribution is -2.52. The Labute approximate surface area is 123 Å². The van der Waals surface area contributed by atoms with Crippen LogP contribution in [0.1, 0.15) is 31.4 Å². The standard InChI is InChI=1S/C15H21NO3S/c1-15(2)11-8-10(17)4-3-9(11)7-12(14(15)16)20-6-5-13(18)19/h3-4,8,12,14,17H,5-7,16H2,1-2H3,(H,18,19)/t12-,14+/m1/s1. The van der Waals surface area contributed by atoms with Gasteiger partial charge in [-0.1, -0.05) is 19.9 Å². The molecule has 0 saturated heterocycles. The van der Waals surface area contributed by atoms with Crippen molar-refractivity contribution in [2.24, 2.45) is 5.73 Å². The van der Waals surface area contributed by atoms with E-state index in [1.165, 1.54) is 5.56 Å². The van der Waals surface area contributed by atoms with E-state index < -0.39 is 5.97 Å². The molecule has 20 heavy (non-hydrogen) atoms. The van der Waals surface area contributed by atoms with E-state index >= 15 is 0 Å². The maximum atomic E-state index is 10.6. The molecular weight excluding hydrogens is 274 g/mol. The van der Waals surface area contributed by atoms with Gasteiger partial charge in [-0.25, -0.2) is 0 Å². The predicted molar refractivity (Wildman–Crippen MR) is 81.3 cm³/mol. The summed E-state index contributed by atoms with van der Waals surface area (Å²) in [6.07, 6.45) is 0.987. The van der Waals surface area contributed by atoms with Crippen LogP contribution >= 0.6 is 11.8 Å². The number of carbonyl (C=O) groups is 1. The van der Waals surface area contributed by atoms with Crippen molar-refractivity contribution in [3.63, 3.8) is 0 Å². The number of carboxylic acid groups (broad SMARTS) is 1. The molecule has 0 saturated carbocycles. The number of carboxylic acids is 1. The number of rotatable bonds is 4. The average Bonchev–Trinajstić information content (AvgIpc) is 2.36. The molecule has 0 radical (unpaired) electrons. The van der Waals surface area contributed by atoms with Gasteiger partial charge in [-0.3, -0.25) is 4.79 Å². The largest absolute Gasteiger partial charge is 0.508 e. The topological polar surface area (TPSA) is 83.5 Å². The number of thioether (sulfide) groups is 1. The monoisotopic (exact) mass is 295 g/mol.